The fourth-order valence-corrected chi connectivity index (χ4v) is 2.59. The van der Waals surface area contributed by atoms with E-state index in [-0.39, 0.29) is 12.3 Å². The van der Waals surface area contributed by atoms with E-state index in [0.717, 1.165) is 10.2 Å². The molecule has 0 aliphatic rings. The molecule has 0 radical (unpaired) electrons. The molecule has 2 aromatic carbocycles. The molecule has 0 aliphatic carbocycles. The minimum Gasteiger partial charge on any atom is -0.464 e. The monoisotopic (exact) mass is 395 g/mol. The summed E-state index contributed by atoms with van der Waals surface area (Å²) in [7, 11) is 1.19. The van der Waals surface area contributed by atoms with Crippen molar-refractivity contribution >= 4 is 35.1 Å². The van der Waals surface area contributed by atoms with Crippen molar-refractivity contribution in [2.24, 2.45) is 0 Å². The average Bonchev–Trinajstić information content (AvgIpc) is 3.15. The van der Waals surface area contributed by atoms with Crippen molar-refractivity contribution < 1.29 is 29.0 Å². The topological polar surface area (TPSA) is 120 Å². The number of fused-ring (bicyclic) bond motifs is 1. The number of alkyl carbamates (subject to hydrolysis) is 1. The summed E-state index contributed by atoms with van der Waals surface area (Å²) in [6.45, 7) is 0.0431. The first kappa shape index (κ1) is 19.6. The van der Waals surface area contributed by atoms with Crippen LogP contribution in [0.3, 0.4) is 0 Å². The number of methoxy groups -OCH3 is 1. The molecule has 2 N–H and O–H groups in total. The van der Waals surface area contributed by atoms with E-state index in [9.17, 15) is 14.4 Å². The van der Waals surface area contributed by atoms with E-state index in [1.165, 1.54) is 19.4 Å². The normalized spacial score (nSPS) is 11.1. The number of carbonyl (C=O) groups is 3. The molecule has 3 aromatic rings. The highest BCUT2D eigenvalue weighted by Gasteiger charge is 2.15. The first-order valence-electron chi connectivity index (χ1n) is 8.46. The van der Waals surface area contributed by atoms with Gasteiger partial charge in [-0.25, -0.2) is 14.4 Å². The summed E-state index contributed by atoms with van der Waals surface area (Å²) in [4.78, 5) is 35.2. The Bertz CT molecular complexity index is 1090. The summed E-state index contributed by atoms with van der Waals surface area (Å²) in [5, 5.41) is 15.8. The molecule has 0 aliphatic heterocycles. The van der Waals surface area contributed by atoms with Crippen LogP contribution in [0.5, 0.6) is 0 Å². The van der Waals surface area contributed by atoms with Crippen LogP contribution in [0.25, 0.3) is 17.0 Å². The predicted molar refractivity (Wildman–Crippen MR) is 103 cm³/mol. The maximum absolute atomic E-state index is 12.1. The van der Waals surface area contributed by atoms with Gasteiger partial charge in [-0.15, -0.1) is 0 Å². The first-order chi connectivity index (χ1) is 14.0. The summed E-state index contributed by atoms with van der Waals surface area (Å²) in [5.41, 5.74) is 1.60. The standard InChI is InChI=1S/C20H17N3O6/c1-28-18(24)16(22-19(25)29-12-13-5-3-2-4-6-13)10-14-7-8-17-15(9-14)11-21-23(17)20(26)27/h2-11H,12H2,1H3,(H,22,25)(H,26,27). The highest BCUT2D eigenvalue weighted by molar-refractivity contribution is 5.97. The third-order valence-electron chi connectivity index (χ3n) is 3.94. The lowest BCUT2D eigenvalue weighted by Crippen LogP contribution is -2.28. The Balaban J connectivity index is 1.78. The number of nitrogens with one attached hydrogen (secondary N) is 1. The molecular weight excluding hydrogens is 378 g/mol. The fourth-order valence-electron chi connectivity index (χ4n) is 2.59. The van der Waals surface area contributed by atoms with Crippen molar-refractivity contribution in [1.82, 2.24) is 15.1 Å². The van der Waals surface area contributed by atoms with Gasteiger partial charge in [0.15, 0.2) is 0 Å². The van der Waals surface area contributed by atoms with Gasteiger partial charge < -0.3 is 14.6 Å². The number of benzene rings is 2. The van der Waals surface area contributed by atoms with Crippen LogP contribution in [0, 0.1) is 0 Å². The Morgan fingerprint density at radius 2 is 1.93 bits per heavy atom. The molecule has 0 spiro atoms. The van der Waals surface area contributed by atoms with E-state index in [2.05, 4.69) is 10.4 Å². The number of ether oxygens (including phenoxy) is 2. The predicted octanol–water partition coefficient (Wildman–Crippen LogP) is 3.00. The molecule has 29 heavy (non-hydrogen) atoms. The number of rotatable bonds is 5. The van der Waals surface area contributed by atoms with Crippen LogP contribution in [0.15, 0.2) is 60.4 Å². The Labute approximate surface area is 165 Å². The van der Waals surface area contributed by atoms with Gasteiger partial charge in [-0.2, -0.15) is 9.78 Å². The number of amides is 1. The highest BCUT2D eigenvalue weighted by atomic mass is 16.6. The molecule has 148 valence electrons. The molecule has 1 aromatic heterocycles. The zero-order valence-electron chi connectivity index (χ0n) is 15.4. The van der Waals surface area contributed by atoms with Gasteiger partial charge in [0, 0.05) is 5.39 Å². The van der Waals surface area contributed by atoms with Crippen molar-refractivity contribution in [2.45, 2.75) is 6.61 Å². The van der Waals surface area contributed by atoms with Gasteiger partial charge >= 0.3 is 18.2 Å². The van der Waals surface area contributed by atoms with Crippen molar-refractivity contribution in [1.29, 1.82) is 0 Å². The third kappa shape index (κ3) is 4.78. The molecule has 1 amide bonds. The second kappa shape index (κ2) is 8.70. The Kier molecular flexibility index (Phi) is 5.88. The summed E-state index contributed by atoms with van der Waals surface area (Å²) < 4.78 is 10.6. The summed E-state index contributed by atoms with van der Waals surface area (Å²) in [5.74, 6) is -0.761. The van der Waals surface area contributed by atoms with Crippen LogP contribution in [0.1, 0.15) is 11.1 Å². The second-order valence-corrected chi connectivity index (χ2v) is 5.89. The van der Waals surface area contributed by atoms with Crippen LogP contribution < -0.4 is 5.32 Å². The lowest BCUT2D eigenvalue weighted by molar-refractivity contribution is -0.136. The molecule has 9 heteroatoms. The molecule has 0 saturated carbocycles. The minimum absolute atomic E-state index is 0.0431. The van der Waals surface area contributed by atoms with Crippen LogP contribution in [-0.2, 0) is 20.9 Å². The third-order valence-corrected chi connectivity index (χ3v) is 3.94. The first-order valence-corrected chi connectivity index (χ1v) is 8.46. The number of hydrogen-bond donors (Lipinski definition) is 2. The number of nitrogens with zero attached hydrogens (tertiary/aromatic N) is 2. The van der Waals surface area contributed by atoms with E-state index in [1.807, 2.05) is 18.2 Å². The molecule has 0 unspecified atom stereocenters. The minimum atomic E-state index is -1.21. The number of esters is 1. The Hall–Kier alpha value is -4.14. The van der Waals surface area contributed by atoms with Gasteiger partial charge in [0.25, 0.3) is 0 Å². The average molecular weight is 395 g/mol. The Morgan fingerprint density at radius 3 is 2.62 bits per heavy atom. The molecule has 3 rings (SSSR count). The van der Waals surface area contributed by atoms with E-state index in [4.69, 9.17) is 14.6 Å². The van der Waals surface area contributed by atoms with E-state index < -0.39 is 18.2 Å². The molecule has 1 heterocycles. The molecule has 0 atom stereocenters. The van der Waals surface area contributed by atoms with Gasteiger partial charge in [0.2, 0.25) is 0 Å². The van der Waals surface area contributed by atoms with Gasteiger partial charge in [-0.05, 0) is 29.3 Å². The maximum atomic E-state index is 12.1. The van der Waals surface area contributed by atoms with Crippen LogP contribution >= 0.6 is 0 Å². The van der Waals surface area contributed by atoms with E-state index in [0.29, 0.717) is 16.5 Å². The molecule has 0 fully saturated rings. The van der Waals surface area contributed by atoms with Crippen molar-refractivity contribution in [3.63, 3.8) is 0 Å². The van der Waals surface area contributed by atoms with Crippen molar-refractivity contribution in [3.05, 3.63) is 71.6 Å². The van der Waals surface area contributed by atoms with Crippen LogP contribution in [0.4, 0.5) is 9.59 Å². The highest BCUT2D eigenvalue weighted by Crippen LogP contribution is 2.18. The molecule has 0 saturated heterocycles. The zero-order valence-corrected chi connectivity index (χ0v) is 15.4. The second-order valence-electron chi connectivity index (χ2n) is 5.89. The van der Waals surface area contributed by atoms with Gasteiger partial charge in [0.05, 0.1) is 18.8 Å². The number of hydrogen-bond acceptors (Lipinski definition) is 6. The van der Waals surface area contributed by atoms with Crippen LogP contribution in [0.2, 0.25) is 0 Å². The Morgan fingerprint density at radius 1 is 1.17 bits per heavy atom. The van der Waals surface area contributed by atoms with Gasteiger partial charge in [0.1, 0.15) is 12.3 Å². The lowest BCUT2D eigenvalue weighted by Gasteiger charge is -2.09. The van der Waals surface area contributed by atoms with E-state index in [1.54, 1.807) is 30.3 Å². The SMILES string of the molecule is COC(=O)C(=Cc1ccc2c(cnn2C(=O)O)c1)NC(=O)OCc1ccccc1. The van der Waals surface area contributed by atoms with E-state index >= 15 is 0 Å². The summed E-state index contributed by atoms with van der Waals surface area (Å²) in [6, 6.07) is 13.8. The summed E-state index contributed by atoms with van der Waals surface area (Å²) in [6.07, 6.45) is 0.763. The van der Waals surface area contributed by atoms with Crippen molar-refractivity contribution in [2.75, 3.05) is 7.11 Å². The smallest absolute Gasteiger partial charge is 0.432 e. The summed E-state index contributed by atoms with van der Waals surface area (Å²) >= 11 is 0. The number of aromatic nitrogens is 2. The van der Waals surface area contributed by atoms with Crippen LogP contribution in [-0.4, -0.2) is 40.2 Å². The van der Waals surface area contributed by atoms with Gasteiger partial charge in [-0.3, -0.25) is 5.32 Å². The van der Waals surface area contributed by atoms with Crippen molar-refractivity contribution in [3.8, 4) is 0 Å². The largest absolute Gasteiger partial charge is 0.464 e. The lowest BCUT2D eigenvalue weighted by atomic mass is 10.1. The number of carboxylic acid groups (broad SMARTS) is 1. The van der Waals surface area contributed by atoms with Gasteiger partial charge in [-0.1, -0.05) is 36.4 Å². The maximum Gasteiger partial charge on any atom is 0.432 e. The molecular formula is C20H17N3O6. The zero-order chi connectivity index (χ0) is 20.8. The number of carbonyl (C=O) groups excluding carboxylic acids is 2. The fraction of sp³-hybridized carbons (Fsp3) is 0.100. The quantitative estimate of drug-likeness (QED) is 0.503. The molecule has 9 nitrogen and oxygen atoms in total. The molecule has 0 bridgehead atoms.